The van der Waals surface area contributed by atoms with Crippen molar-refractivity contribution in [3.05, 3.63) is 0 Å². The maximum atomic E-state index is 13.1. The summed E-state index contributed by atoms with van der Waals surface area (Å²) in [5, 5.41) is 10.3. The molecule has 0 aliphatic rings. The number of carbonyl (C=O) groups excluding carboxylic acids is 2. The summed E-state index contributed by atoms with van der Waals surface area (Å²) in [6, 6.07) is 0. The van der Waals surface area contributed by atoms with Gasteiger partial charge in [-0.25, -0.2) is 4.39 Å². The second kappa shape index (κ2) is 11.0. The van der Waals surface area contributed by atoms with E-state index in [0.717, 1.165) is 11.3 Å². The number of carbonyl (C=O) groups is 2. The molecule has 6 heteroatoms. The van der Waals surface area contributed by atoms with Crippen molar-refractivity contribution < 1.29 is 48.6 Å². The number of alkyl halides is 1. The Bertz CT molecular complexity index is 239. The number of rotatable bonds is 8. The standard InChI is InChI=1S/C11H20FNO3.Na/c1-3-5-9(12)6-7-10(14)13(4-2)8-11(15)16;/h9H,3-8H2,1-2H3,(H,15,16);/q;+1/p-1. The van der Waals surface area contributed by atoms with Crippen LogP contribution in [0.3, 0.4) is 0 Å². The van der Waals surface area contributed by atoms with E-state index in [1.807, 2.05) is 6.92 Å². The van der Waals surface area contributed by atoms with Crippen molar-refractivity contribution in [1.29, 1.82) is 0 Å². The maximum Gasteiger partial charge on any atom is 1.00 e. The normalized spacial score (nSPS) is 11.5. The first kappa shape index (κ1) is 19.2. The van der Waals surface area contributed by atoms with Crippen LogP contribution in [0.5, 0.6) is 0 Å². The van der Waals surface area contributed by atoms with Crippen molar-refractivity contribution in [3.63, 3.8) is 0 Å². The van der Waals surface area contributed by atoms with E-state index in [2.05, 4.69) is 0 Å². The fraction of sp³-hybridized carbons (Fsp3) is 0.818. The molecule has 0 aromatic heterocycles. The van der Waals surface area contributed by atoms with E-state index in [9.17, 15) is 19.1 Å². The molecule has 0 saturated carbocycles. The molecule has 0 aliphatic heterocycles. The number of carboxylic acids is 1. The van der Waals surface area contributed by atoms with E-state index < -0.39 is 18.7 Å². The van der Waals surface area contributed by atoms with Crippen LogP contribution in [0.25, 0.3) is 0 Å². The molecule has 4 nitrogen and oxygen atoms in total. The molecular weight excluding hydrogens is 236 g/mol. The van der Waals surface area contributed by atoms with Crippen LogP contribution in [-0.2, 0) is 9.59 Å². The third kappa shape index (κ3) is 9.56. The molecule has 0 heterocycles. The quantitative estimate of drug-likeness (QED) is 0.451. The molecule has 0 bridgehead atoms. The number of aliphatic carboxylic acids is 1. The van der Waals surface area contributed by atoms with Gasteiger partial charge in [0.15, 0.2) is 0 Å². The Balaban J connectivity index is 0. The van der Waals surface area contributed by atoms with Crippen LogP contribution in [0.2, 0.25) is 0 Å². The second-order valence-electron chi connectivity index (χ2n) is 3.70. The van der Waals surface area contributed by atoms with Gasteiger partial charge in [0.2, 0.25) is 5.91 Å². The number of hydrogen-bond acceptors (Lipinski definition) is 3. The van der Waals surface area contributed by atoms with Crippen molar-refractivity contribution >= 4 is 11.9 Å². The number of carboxylic acid groups (broad SMARTS) is 1. The molecule has 0 aliphatic carbocycles. The minimum atomic E-state index is -1.29. The Morgan fingerprint density at radius 3 is 2.29 bits per heavy atom. The fourth-order valence-electron chi connectivity index (χ4n) is 1.43. The minimum Gasteiger partial charge on any atom is -0.548 e. The Kier molecular flexibility index (Phi) is 12.4. The maximum absolute atomic E-state index is 13.1. The van der Waals surface area contributed by atoms with Crippen LogP contribution >= 0.6 is 0 Å². The van der Waals surface area contributed by atoms with Crippen LogP contribution < -0.4 is 34.7 Å². The van der Waals surface area contributed by atoms with Crippen LogP contribution in [0.15, 0.2) is 0 Å². The number of amides is 1. The SMILES string of the molecule is CCCC(F)CCC(=O)N(CC)CC(=O)[O-].[Na+]. The molecule has 17 heavy (non-hydrogen) atoms. The predicted molar refractivity (Wildman–Crippen MR) is 56.3 cm³/mol. The van der Waals surface area contributed by atoms with Crippen LogP contribution in [-0.4, -0.2) is 36.0 Å². The summed E-state index contributed by atoms with van der Waals surface area (Å²) >= 11 is 0. The van der Waals surface area contributed by atoms with E-state index in [-0.39, 0.29) is 48.3 Å². The number of halogens is 1. The Labute approximate surface area is 124 Å². The van der Waals surface area contributed by atoms with E-state index in [1.54, 1.807) is 6.92 Å². The summed E-state index contributed by atoms with van der Waals surface area (Å²) in [6.07, 6.45) is 0.431. The van der Waals surface area contributed by atoms with Gasteiger partial charge in [0, 0.05) is 13.0 Å². The Morgan fingerprint density at radius 1 is 1.29 bits per heavy atom. The Hall–Kier alpha value is -0.130. The average molecular weight is 255 g/mol. The van der Waals surface area contributed by atoms with E-state index >= 15 is 0 Å². The van der Waals surface area contributed by atoms with Crippen molar-refractivity contribution in [3.8, 4) is 0 Å². The zero-order valence-electron chi connectivity index (χ0n) is 10.9. The molecule has 0 saturated heterocycles. The molecule has 0 aromatic carbocycles. The van der Waals surface area contributed by atoms with Crippen LogP contribution in [0.1, 0.15) is 39.5 Å². The van der Waals surface area contributed by atoms with Gasteiger partial charge in [-0.15, -0.1) is 0 Å². The van der Waals surface area contributed by atoms with Gasteiger partial charge in [0.1, 0.15) is 6.17 Å². The van der Waals surface area contributed by atoms with Gasteiger partial charge in [0.25, 0.3) is 0 Å². The summed E-state index contributed by atoms with van der Waals surface area (Å²) in [4.78, 5) is 23.0. The summed E-state index contributed by atoms with van der Waals surface area (Å²) in [5.74, 6) is -1.62. The van der Waals surface area contributed by atoms with Gasteiger partial charge in [-0.2, -0.15) is 0 Å². The zero-order chi connectivity index (χ0) is 12.6. The fourth-order valence-corrected chi connectivity index (χ4v) is 1.43. The third-order valence-electron chi connectivity index (χ3n) is 2.33. The molecule has 94 valence electrons. The van der Waals surface area contributed by atoms with Crippen molar-refractivity contribution in [2.45, 2.75) is 45.7 Å². The van der Waals surface area contributed by atoms with Crippen molar-refractivity contribution in [1.82, 2.24) is 4.90 Å². The van der Waals surface area contributed by atoms with Crippen molar-refractivity contribution in [2.75, 3.05) is 13.1 Å². The topological polar surface area (TPSA) is 60.4 Å². The molecule has 0 radical (unpaired) electrons. The van der Waals surface area contributed by atoms with Crippen LogP contribution in [0, 0.1) is 0 Å². The summed E-state index contributed by atoms with van der Waals surface area (Å²) in [7, 11) is 0. The summed E-state index contributed by atoms with van der Waals surface area (Å²) in [5.41, 5.74) is 0. The smallest absolute Gasteiger partial charge is 0.548 e. The molecular formula is C11H19FNNaO3. The molecule has 1 unspecified atom stereocenters. The van der Waals surface area contributed by atoms with E-state index in [4.69, 9.17) is 0 Å². The molecule has 1 amide bonds. The monoisotopic (exact) mass is 255 g/mol. The number of likely N-dealkylation sites (N-methyl/N-ethyl adjacent to an activating group) is 1. The Morgan fingerprint density at radius 2 is 1.88 bits per heavy atom. The van der Waals surface area contributed by atoms with Gasteiger partial charge in [-0.3, -0.25) is 4.79 Å². The third-order valence-corrected chi connectivity index (χ3v) is 2.33. The average Bonchev–Trinajstić information content (AvgIpc) is 2.22. The summed E-state index contributed by atoms with van der Waals surface area (Å²) in [6.45, 7) is 3.44. The molecule has 0 spiro atoms. The van der Waals surface area contributed by atoms with E-state index in [1.165, 1.54) is 0 Å². The predicted octanol–water partition coefficient (Wildman–Crippen LogP) is -2.49. The number of hydrogen-bond donors (Lipinski definition) is 0. The zero-order valence-corrected chi connectivity index (χ0v) is 12.9. The van der Waals surface area contributed by atoms with Gasteiger partial charge in [0.05, 0.1) is 12.5 Å². The molecule has 0 N–H and O–H groups in total. The van der Waals surface area contributed by atoms with Gasteiger partial charge < -0.3 is 14.8 Å². The number of nitrogens with zero attached hydrogens (tertiary/aromatic N) is 1. The van der Waals surface area contributed by atoms with Crippen LogP contribution in [0.4, 0.5) is 4.39 Å². The van der Waals surface area contributed by atoms with E-state index in [0.29, 0.717) is 13.0 Å². The first-order valence-corrected chi connectivity index (χ1v) is 5.62. The van der Waals surface area contributed by atoms with Gasteiger partial charge in [-0.1, -0.05) is 13.3 Å². The first-order valence-electron chi connectivity index (χ1n) is 5.62. The molecule has 0 fully saturated rings. The van der Waals surface area contributed by atoms with Crippen molar-refractivity contribution in [2.24, 2.45) is 0 Å². The first-order chi connectivity index (χ1) is 7.51. The minimum absolute atomic E-state index is 0. The second-order valence-corrected chi connectivity index (χ2v) is 3.70. The van der Waals surface area contributed by atoms with Gasteiger partial charge >= 0.3 is 29.6 Å². The summed E-state index contributed by atoms with van der Waals surface area (Å²) < 4.78 is 13.1. The molecule has 1 atom stereocenters. The largest absolute Gasteiger partial charge is 1.00 e. The molecule has 0 rings (SSSR count). The molecule has 0 aromatic rings. The van der Waals surface area contributed by atoms with Gasteiger partial charge in [-0.05, 0) is 19.8 Å².